The summed E-state index contributed by atoms with van der Waals surface area (Å²) in [7, 11) is 1.64. The maximum atomic E-state index is 11.0. The second-order valence-electron chi connectivity index (χ2n) is 3.01. The Kier molecular flexibility index (Phi) is 2.63. The molecule has 3 nitrogen and oxygen atoms in total. The molecule has 1 aromatic carbocycles. The summed E-state index contributed by atoms with van der Waals surface area (Å²) < 4.78 is 6.81. The van der Waals surface area contributed by atoms with Crippen LogP contribution in [0.3, 0.4) is 0 Å². The first-order valence-electron chi connectivity index (χ1n) is 4.42. The van der Waals surface area contributed by atoms with Gasteiger partial charge in [-0.15, -0.1) is 0 Å². The van der Waals surface area contributed by atoms with Gasteiger partial charge < -0.3 is 4.74 Å². The highest BCUT2D eigenvalue weighted by Crippen LogP contribution is 2.29. The molecule has 0 unspecified atom stereocenters. The molecule has 4 heteroatoms. The molecule has 1 amide bonds. The molecule has 0 aromatic heterocycles. The van der Waals surface area contributed by atoms with Gasteiger partial charge in [0, 0.05) is 17.9 Å². The van der Waals surface area contributed by atoms with Crippen LogP contribution in [0.4, 0.5) is 0 Å². The summed E-state index contributed by atoms with van der Waals surface area (Å²) >= 11 is 1.49. The normalized spacial score (nSPS) is 15.2. The Morgan fingerprint density at radius 1 is 1.36 bits per heavy atom. The van der Waals surface area contributed by atoms with Gasteiger partial charge in [-0.1, -0.05) is 0 Å². The average molecular weight is 209 g/mol. The van der Waals surface area contributed by atoms with Crippen molar-refractivity contribution in [2.75, 3.05) is 13.7 Å². The Bertz CT molecular complexity index is 336. The van der Waals surface area contributed by atoms with Crippen LogP contribution in [0.2, 0.25) is 0 Å². The third-order valence-corrected chi connectivity index (χ3v) is 3.17. The summed E-state index contributed by atoms with van der Waals surface area (Å²) in [5.41, 5.74) is 0. The first kappa shape index (κ1) is 9.40. The number of benzene rings is 1. The fourth-order valence-corrected chi connectivity index (χ4v) is 2.04. The van der Waals surface area contributed by atoms with Crippen molar-refractivity contribution >= 4 is 17.9 Å². The number of β-lactam (4-membered cyclic amide) rings is 1. The van der Waals surface area contributed by atoms with E-state index in [0.717, 1.165) is 17.2 Å². The zero-order valence-electron chi connectivity index (χ0n) is 7.90. The summed E-state index contributed by atoms with van der Waals surface area (Å²) in [6, 6.07) is 7.70. The Balaban J connectivity index is 1.99. The van der Waals surface area contributed by atoms with Gasteiger partial charge in [-0.05, 0) is 36.2 Å². The molecule has 1 aromatic rings. The van der Waals surface area contributed by atoms with Gasteiger partial charge in [-0.2, -0.15) is 0 Å². The lowest BCUT2D eigenvalue weighted by molar-refractivity contribution is -0.132. The summed E-state index contributed by atoms with van der Waals surface area (Å²) in [6.45, 7) is 0.857. The van der Waals surface area contributed by atoms with Gasteiger partial charge in [-0.25, -0.2) is 0 Å². The molecule has 0 aliphatic carbocycles. The molecule has 1 saturated heterocycles. The van der Waals surface area contributed by atoms with E-state index in [1.165, 1.54) is 11.9 Å². The van der Waals surface area contributed by atoms with Crippen LogP contribution in [-0.4, -0.2) is 23.9 Å². The number of ether oxygens (including phenoxy) is 1. The molecule has 1 fully saturated rings. The quantitative estimate of drug-likeness (QED) is 0.563. The number of hydrogen-bond acceptors (Lipinski definition) is 3. The molecular weight excluding hydrogens is 198 g/mol. The molecule has 74 valence electrons. The first-order chi connectivity index (χ1) is 6.79. The summed E-state index contributed by atoms with van der Waals surface area (Å²) in [5, 5.41) is 0. The second kappa shape index (κ2) is 3.92. The van der Waals surface area contributed by atoms with E-state index >= 15 is 0 Å². The maximum absolute atomic E-state index is 11.0. The zero-order valence-corrected chi connectivity index (χ0v) is 8.71. The third-order valence-electron chi connectivity index (χ3n) is 2.08. The average Bonchev–Trinajstić information content (AvgIpc) is 2.24. The highest BCUT2D eigenvalue weighted by atomic mass is 32.2. The molecule has 1 aliphatic heterocycles. The fraction of sp³-hybridized carbons (Fsp3) is 0.300. The van der Waals surface area contributed by atoms with Crippen LogP contribution in [0.5, 0.6) is 5.75 Å². The number of methoxy groups -OCH3 is 1. The van der Waals surface area contributed by atoms with E-state index in [-0.39, 0.29) is 5.91 Å². The van der Waals surface area contributed by atoms with Crippen LogP contribution >= 0.6 is 11.9 Å². The van der Waals surface area contributed by atoms with E-state index in [0.29, 0.717) is 6.42 Å². The standard InChI is InChI=1S/C10H11NO2S/c1-13-8-2-4-9(5-3-8)14-11-7-6-10(11)12/h2-5H,6-7H2,1H3. The largest absolute Gasteiger partial charge is 0.497 e. The van der Waals surface area contributed by atoms with Gasteiger partial charge in [-0.3, -0.25) is 9.10 Å². The van der Waals surface area contributed by atoms with Gasteiger partial charge in [0.25, 0.3) is 0 Å². The molecule has 0 radical (unpaired) electrons. The highest BCUT2D eigenvalue weighted by molar-refractivity contribution is 7.97. The lowest BCUT2D eigenvalue weighted by Crippen LogP contribution is -2.37. The lowest BCUT2D eigenvalue weighted by atomic mass is 10.3. The van der Waals surface area contributed by atoms with Crippen molar-refractivity contribution < 1.29 is 9.53 Å². The molecule has 0 atom stereocenters. The Hall–Kier alpha value is -1.16. The van der Waals surface area contributed by atoms with Gasteiger partial charge in [0.2, 0.25) is 5.91 Å². The Labute approximate surface area is 87.2 Å². The van der Waals surface area contributed by atoms with Crippen molar-refractivity contribution in [1.82, 2.24) is 4.31 Å². The molecule has 14 heavy (non-hydrogen) atoms. The van der Waals surface area contributed by atoms with Gasteiger partial charge in [0.05, 0.1) is 7.11 Å². The van der Waals surface area contributed by atoms with Crippen LogP contribution in [0, 0.1) is 0 Å². The Morgan fingerprint density at radius 2 is 2.07 bits per heavy atom. The van der Waals surface area contributed by atoms with Gasteiger partial charge in [0.15, 0.2) is 0 Å². The van der Waals surface area contributed by atoms with E-state index in [1.54, 1.807) is 11.4 Å². The van der Waals surface area contributed by atoms with Crippen molar-refractivity contribution in [3.63, 3.8) is 0 Å². The SMILES string of the molecule is COc1ccc(SN2CCC2=O)cc1. The van der Waals surface area contributed by atoms with Crippen LogP contribution in [0.25, 0.3) is 0 Å². The van der Waals surface area contributed by atoms with Crippen LogP contribution in [-0.2, 0) is 4.79 Å². The van der Waals surface area contributed by atoms with Crippen LogP contribution in [0.1, 0.15) is 6.42 Å². The van der Waals surface area contributed by atoms with Crippen LogP contribution < -0.4 is 4.74 Å². The Morgan fingerprint density at radius 3 is 2.50 bits per heavy atom. The number of nitrogens with zero attached hydrogens (tertiary/aromatic N) is 1. The van der Waals surface area contributed by atoms with E-state index in [2.05, 4.69) is 0 Å². The molecule has 2 rings (SSSR count). The van der Waals surface area contributed by atoms with Gasteiger partial charge >= 0.3 is 0 Å². The van der Waals surface area contributed by atoms with Crippen molar-refractivity contribution in [1.29, 1.82) is 0 Å². The minimum absolute atomic E-state index is 0.214. The van der Waals surface area contributed by atoms with E-state index in [1.807, 2.05) is 24.3 Å². The number of carbonyl (C=O) groups excluding carboxylic acids is 1. The predicted octanol–water partition coefficient (Wildman–Crippen LogP) is 1.93. The first-order valence-corrected chi connectivity index (χ1v) is 5.19. The summed E-state index contributed by atoms with van der Waals surface area (Å²) in [5.74, 6) is 1.05. The molecule has 0 saturated carbocycles. The van der Waals surface area contributed by atoms with Crippen molar-refractivity contribution in [3.8, 4) is 5.75 Å². The van der Waals surface area contributed by atoms with E-state index in [4.69, 9.17) is 4.74 Å². The third kappa shape index (κ3) is 1.85. The predicted molar refractivity (Wildman–Crippen MR) is 55.2 cm³/mol. The number of amides is 1. The molecule has 0 N–H and O–H groups in total. The minimum Gasteiger partial charge on any atom is -0.497 e. The fourth-order valence-electron chi connectivity index (χ4n) is 1.15. The number of hydrogen-bond donors (Lipinski definition) is 0. The summed E-state index contributed by atoms with van der Waals surface area (Å²) in [4.78, 5) is 12.1. The van der Waals surface area contributed by atoms with Crippen LogP contribution in [0.15, 0.2) is 29.2 Å². The van der Waals surface area contributed by atoms with E-state index < -0.39 is 0 Å². The number of carbonyl (C=O) groups is 1. The van der Waals surface area contributed by atoms with Gasteiger partial charge in [0.1, 0.15) is 5.75 Å². The molecule has 1 aliphatic rings. The number of rotatable bonds is 3. The smallest absolute Gasteiger partial charge is 0.234 e. The topological polar surface area (TPSA) is 29.5 Å². The zero-order chi connectivity index (χ0) is 9.97. The monoisotopic (exact) mass is 209 g/mol. The minimum atomic E-state index is 0.214. The molecule has 0 spiro atoms. The highest BCUT2D eigenvalue weighted by Gasteiger charge is 2.24. The molecular formula is C10H11NO2S. The second-order valence-corrected chi connectivity index (χ2v) is 4.11. The van der Waals surface area contributed by atoms with Crippen molar-refractivity contribution in [2.24, 2.45) is 0 Å². The van der Waals surface area contributed by atoms with E-state index in [9.17, 15) is 4.79 Å². The summed E-state index contributed by atoms with van der Waals surface area (Å²) in [6.07, 6.45) is 0.684. The lowest BCUT2D eigenvalue weighted by Gasteiger charge is -2.28. The van der Waals surface area contributed by atoms with Crippen molar-refractivity contribution in [3.05, 3.63) is 24.3 Å². The molecule has 0 bridgehead atoms. The van der Waals surface area contributed by atoms with Crippen molar-refractivity contribution in [2.45, 2.75) is 11.3 Å². The maximum Gasteiger partial charge on any atom is 0.234 e. The molecule has 1 heterocycles.